The van der Waals surface area contributed by atoms with Crippen LogP contribution in [0.15, 0.2) is 18.2 Å². The first-order chi connectivity index (χ1) is 12.9. The zero-order valence-corrected chi connectivity index (χ0v) is 16.2. The molecule has 0 bridgehead atoms. The van der Waals surface area contributed by atoms with Crippen LogP contribution < -0.4 is 0 Å². The summed E-state index contributed by atoms with van der Waals surface area (Å²) in [6.45, 7) is 9.94. The highest BCUT2D eigenvalue weighted by Crippen LogP contribution is 2.33. The van der Waals surface area contributed by atoms with E-state index in [0.29, 0.717) is 0 Å². The Kier molecular flexibility index (Phi) is 6.86. The lowest BCUT2D eigenvalue weighted by Gasteiger charge is -2.40. The number of likely N-dealkylation sites (N-methyl/N-ethyl adjacent to an activating group) is 1. The van der Waals surface area contributed by atoms with E-state index in [0.717, 1.165) is 50.4 Å². The molecule has 1 aromatic rings. The molecule has 27 heavy (non-hydrogen) atoms. The van der Waals surface area contributed by atoms with E-state index in [-0.39, 0.29) is 0 Å². The average molecular weight is 380 g/mol. The van der Waals surface area contributed by atoms with Crippen molar-refractivity contribution in [2.24, 2.45) is 0 Å². The molecule has 5 unspecified atom stereocenters. The van der Waals surface area contributed by atoms with Crippen LogP contribution in [0.3, 0.4) is 0 Å². The largest absolute Gasteiger partial charge is 0.394 e. The molecule has 2 aliphatic heterocycles. The van der Waals surface area contributed by atoms with Gasteiger partial charge in [-0.05, 0) is 30.2 Å². The fourth-order valence-corrected chi connectivity index (χ4v) is 3.92. The zero-order chi connectivity index (χ0) is 19.6. The van der Waals surface area contributed by atoms with Crippen molar-refractivity contribution in [1.82, 2.24) is 9.80 Å². The molecular formula is C20H32N2O5. The molecule has 0 radical (unpaired) electrons. The summed E-state index contributed by atoms with van der Waals surface area (Å²) in [5.74, 6) is 0. The summed E-state index contributed by atoms with van der Waals surface area (Å²) in [6.07, 6.45) is -5.60. The second-order valence-corrected chi connectivity index (χ2v) is 7.65. The van der Waals surface area contributed by atoms with E-state index < -0.39 is 37.1 Å². The molecule has 3 rings (SSSR count). The Morgan fingerprint density at radius 3 is 2.30 bits per heavy atom. The van der Waals surface area contributed by atoms with E-state index in [1.807, 2.05) is 18.2 Å². The highest BCUT2D eigenvalue weighted by Gasteiger charge is 2.44. The third kappa shape index (κ3) is 4.51. The quantitative estimate of drug-likeness (QED) is 0.554. The first-order valence-electron chi connectivity index (χ1n) is 9.79. The molecule has 0 spiro atoms. The molecule has 0 amide bonds. The molecule has 0 saturated carbocycles. The van der Waals surface area contributed by atoms with Crippen molar-refractivity contribution in [3.63, 3.8) is 0 Å². The van der Waals surface area contributed by atoms with Crippen molar-refractivity contribution in [2.75, 3.05) is 39.3 Å². The van der Waals surface area contributed by atoms with Crippen LogP contribution >= 0.6 is 0 Å². The molecule has 0 aromatic heterocycles. The number of benzene rings is 1. The van der Waals surface area contributed by atoms with Crippen LogP contribution in [-0.4, -0.2) is 94.0 Å². The molecule has 2 fully saturated rings. The first kappa shape index (κ1) is 20.7. The summed E-state index contributed by atoms with van der Waals surface area (Å²) in [5.41, 5.74) is 3.08. The highest BCUT2D eigenvalue weighted by molar-refractivity contribution is 5.33. The summed E-state index contributed by atoms with van der Waals surface area (Å²) < 4.78 is 5.70. The van der Waals surface area contributed by atoms with Crippen LogP contribution in [0, 0.1) is 6.92 Å². The molecule has 7 heteroatoms. The summed E-state index contributed by atoms with van der Waals surface area (Å²) >= 11 is 0. The number of piperazine rings is 1. The third-order valence-corrected chi connectivity index (χ3v) is 5.90. The predicted molar refractivity (Wildman–Crippen MR) is 101 cm³/mol. The maximum atomic E-state index is 10.4. The first-order valence-corrected chi connectivity index (χ1v) is 9.79. The summed E-state index contributed by atoms with van der Waals surface area (Å²) in [6, 6.07) is 5.88. The number of hydrogen-bond acceptors (Lipinski definition) is 7. The number of rotatable bonds is 5. The van der Waals surface area contributed by atoms with E-state index in [2.05, 4.69) is 23.6 Å². The van der Waals surface area contributed by atoms with Crippen molar-refractivity contribution >= 4 is 0 Å². The predicted octanol–water partition coefficient (Wildman–Crippen LogP) is -0.353. The molecule has 2 aliphatic rings. The van der Waals surface area contributed by atoms with Gasteiger partial charge in [-0.15, -0.1) is 0 Å². The number of nitrogens with zero attached hydrogens (tertiary/aromatic N) is 2. The molecule has 2 saturated heterocycles. The normalized spacial score (nSPS) is 33.3. The van der Waals surface area contributed by atoms with E-state index in [1.165, 1.54) is 5.56 Å². The number of ether oxygens (including phenoxy) is 1. The van der Waals surface area contributed by atoms with Gasteiger partial charge in [-0.2, -0.15) is 0 Å². The minimum absolute atomic E-state index is 0.415. The van der Waals surface area contributed by atoms with Gasteiger partial charge in [0.15, 0.2) is 0 Å². The second kappa shape index (κ2) is 8.96. The minimum atomic E-state index is -1.35. The molecule has 5 atom stereocenters. The van der Waals surface area contributed by atoms with E-state index in [1.54, 1.807) is 0 Å². The standard InChI is InChI=1S/C20H32N2O5/c1-3-21-6-8-22(9-7-21)11-15-10-14(5-4-13(15)2)20-19(26)18(25)17(24)16(12-23)27-20/h4-5,10,16-20,23-26H,3,6-9,11-12H2,1-2H3. The van der Waals surface area contributed by atoms with Crippen LogP contribution in [0.25, 0.3) is 0 Å². The number of aryl methyl sites for hydroxylation is 1. The van der Waals surface area contributed by atoms with E-state index in [4.69, 9.17) is 4.74 Å². The topological polar surface area (TPSA) is 96.6 Å². The Morgan fingerprint density at radius 2 is 1.67 bits per heavy atom. The number of aliphatic hydroxyl groups is 4. The van der Waals surface area contributed by atoms with Gasteiger partial charge in [-0.25, -0.2) is 0 Å². The monoisotopic (exact) mass is 380 g/mol. The summed E-state index contributed by atoms with van der Waals surface area (Å²) in [4.78, 5) is 4.86. The molecule has 7 nitrogen and oxygen atoms in total. The summed E-state index contributed by atoms with van der Waals surface area (Å²) in [5, 5.41) is 39.8. The average Bonchev–Trinajstić information content (AvgIpc) is 2.69. The van der Waals surface area contributed by atoms with Gasteiger partial charge in [0.2, 0.25) is 0 Å². The maximum absolute atomic E-state index is 10.4. The lowest BCUT2D eigenvalue weighted by molar-refractivity contribution is -0.231. The van der Waals surface area contributed by atoms with Gasteiger partial charge in [0.05, 0.1) is 6.61 Å². The van der Waals surface area contributed by atoms with Crippen LogP contribution in [0.5, 0.6) is 0 Å². The molecule has 1 aromatic carbocycles. The van der Waals surface area contributed by atoms with Crippen molar-refractivity contribution < 1.29 is 25.2 Å². The Balaban J connectivity index is 1.74. The van der Waals surface area contributed by atoms with E-state index in [9.17, 15) is 20.4 Å². The molecule has 4 N–H and O–H groups in total. The van der Waals surface area contributed by atoms with Crippen molar-refractivity contribution in [3.8, 4) is 0 Å². The number of aliphatic hydroxyl groups excluding tert-OH is 4. The minimum Gasteiger partial charge on any atom is -0.394 e. The Hall–Kier alpha value is -1.06. The summed E-state index contributed by atoms with van der Waals surface area (Å²) in [7, 11) is 0. The van der Waals surface area contributed by atoms with E-state index >= 15 is 0 Å². The van der Waals surface area contributed by atoms with Crippen LogP contribution in [0.1, 0.15) is 29.7 Å². The fraction of sp³-hybridized carbons (Fsp3) is 0.700. The van der Waals surface area contributed by atoms with Gasteiger partial charge in [0, 0.05) is 32.7 Å². The SMILES string of the molecule is CCN1CCN(Cc2cc(C3OC(CO)C(O)C(O)C3O)ccc2C)CC1. The van der Waals surface area contributed by atoms with Crippen LogP contribution in [-0.2, 0) is 11.3 Å². The van der Waals surface area contributed by atoms with Gasteiger partial charge >= 0.3 is 0 Å². The Bertz CT molecular complexity index is 618. The third-order valence-electron chi connectivity index (χ3n) is 5.90. The molecule has 2 heterocycles. The lowest BCUT2D eigenvalue weighted by atomic mass is 9.90. The van der Waals surface area contributed by atoms with Gasteiger partial charge in [-0.3, -0.25) is 4.90 Å². The van der Waals surface area contributed by atoms with Gasteiger partial charge < -0.3 is 30.1 Å². The maximum Gasteiger partial charge on any atom is 0.113 e. The highest BCUT2D eigenvalue weighted by atomic mass is 16.5. The number of hydrogen-bond donors (Lipinski definition) is 4. The Labute approximate surface area is 160 Å². The van der Waals surface area contributed by atoms with Gasteiger partial charge in [-0.1, -0.05) is 25.1 Å². The van der Waals surface area contributed by atoms with Crippen molar-refractivity contribution in [2.45, 2.75) is 50.9 Å². The second-order valence-electron chi connectivity index (χ2n) is 7.65. The lowest BCUT2D eigenvalue weighted by Crippen LogP contribution is -2.55. The van der Waals surface area contributed by atoms with Crippen molar-refractivity contribution in [3.05, 3.63) is 34.9 Å². The van der Waals surface area contributed by atoms with Gasteiger partial charge in [0.25, 0.3) is 0 Å². The molecule has 152 valence electrons. The molecular weight excluding hydrogens is 348 g/mol. The molecule has 0 aliphatic carbocycles. The fourth-order valence-electron chi connectivity index (χ4n) is 3.92. The Morgan fingerprint density at radius 1 is 1.00 bits per heavy atom. The smallest absolute Gasteiger partial charge is 0.113 e. The van der Waals surface area contributed by atoms with Crippen LogP contribution in [0.4, 0.5) is 0 Å². The van der Waals surface area contributed by atoms with Crippen molar-refractivity contribution in [1.29, 1.82) is 0 Å². The van der Waals surface area contributed by atoms with Gasteiger partial charge in [0.1, 0.15) is 30.5 Å². The van der Waals surface area contributed by atoms with Crippen LogP contribution in [0.2, 0.25) is 0 Å². The zero-order valence-electron chi connectivity index (χ0n) is 16.2.